The number of hydrogen-bond acceptors (Lipinski definition) is 9. The van der Waals surface area contributed by atoms with E-state index in [-0.39, 0.29) is 6.42 Å². The number of allylic oxidation sites excluding steroid dienone is 1. The first-order valence-electron chi connectivity index (χ1n) is 14.7. The molecule has 2 aliphatic carbocycles. The number of epoxide rings is 1. The summed E-state index contributed by atoms with van der Waals surface area (Å²) in [7, 11) is 0. The van der Waals surface area contributed by atoms with Crippen LogP contribution in [0, 0.1) is 29.1 Å². The highest BCUT2D eigenvalue weighted by molar-refractivity contribution is 5.91. The zero-order valence-corrected chi connectivity index (χ0v) is 24.9. The third-order valence-corrected chi connectivity index (χ3v) is 10.1. The SMILES string of the molecule is CC(=O)OC1C2C=CCC(C)C(=O)C(C)(O)C3OC3C(OC(C)=O)C23C(=O)NC(Cc2ccccc2)C3C(C)C1(C)O. The molecule has 2 saturated heterocycles. The minimum atomic E-state index is -1.90. The predicted octanol–water partition coefficient (Wildman–Crippen LogP) is 1.89. The highest BCUT2D eigenvalue weighted by Crippen LogP contribution is 2.62. The number of Topliss-reactive ketones (excluding diaryl/α,β-unsaturated/α-hetero) is 1. The lowest BCUT2D eigenvalue weighted by Gasteiger charge is -2.57. The maximum atomic E-state index is 14.6. The van der Waals surface area contributed by atoms with E-state index in [9.17, 15) is 29.4 Å². The van der Waals surface area contributed by atoms with Crippen LogP contribution in [0.3, 0.4) is 0 Å². The highest BCUT2D eigenvalue weighted by Gasteiger charge is 2.77. The third kappa shape index (κ3) is 4.68. The minimum absolute atomic E-state index is 0.224. The number of ketones is 1. The standard InChI is InChI=1S/C32H41NO9/c1-16-11-10-14-21-26(40-18(3)34)30(5,38)17(2)23-22(15-20-12-8-7-9-13-20)33-29(37)32(21,23)28(41-19(4)35)24-27(42-24)31(6,39)25(16)36/h7-10,12-14,16-17,21-24,26-28,38-39H,11,15H2,1-6H3,(H,33,37). The summed E-state index contributed by atoms with van der Waals surface area (Å²) in [6, 6.07) is 9.12. The van der Waals surface area contributed by atoms with Gasteiger partial charge in [0, 0.05) is 37.6 Å². The van der Waals surface area contributed by atoms with Gasteiger partial charge in [-0.15, -0.1) is 0 Å². The average molecular weight is 584 g/mol. The van der Waals surface area contributed by atoms with Crippen LogP contribution in [-0.4, -0.2) is 75.5 Å². The molecule has 10 nitrogen and oxygen atoms in total. The first kappa shape index (κ1) is 30.4. The van der Waals surface area contributed by atoms with Crippen molar-refractivity contribution in [2.75, 3.05) is 0 Å². The molecule has 228 valence electrons. The number of carbonyl (C=O) groups is 4. The normalized spacial score (nSPS) is 44.5. The molecule has 1 aromatic rings. The molecule has 12 atom stereocenters. The van der Waals surface area contributed by atoms with Gasteiger partial charge in [0.05, 0.1) is 0 Å². The number of carbonyl (C=O) groups excluding carboxylic acids is 4. The number of fused-ring (bicyclic) bond motifs is 1. The van der Waals surface area contributed by atoms with E-state index in [1.807, 2.05) is 37.3 Å². The van der Waals surface area contributed by atoms with Crippen LogP contribution in [0.5, 0.6) is 0 Å². The van der Waals surface area contributed by atoms with E-state index in [1.54, 1.807) is 26.0 Å². The van der Waals surface area contributed by atoms with E-state index < -0.39 is 94.4 Å². The fourth-order valence-electron chi connectivity index (χ4n) is 8.02. The predicted molar refractivity (Wildman–Crippen MR) is 150 cm³/mol. The molecule has 10 heteroatoms. The van der Waals surface area contributed by atoms with Gasteiger partial charge in [-0.05, 0) is 38.2 Å². The van der Waals surface area contributed by atoms with Gasteiger partial charge in [0.2, 0.25) is 5.91 Å². The van der Waals surface area contributed by atoms with Gasteiger partial charge in [0.25, 0.3) is 0 Å². The second-order valence-corrected chi connectivity index (χ2v) is 12.9. The van der Waals surface area contributed by atoms with Crippen LogP contribution in [0.2, 0.25) is 0 Å². The quantitative estimate of drug-likeness (QED) is 0.274. The molecule has 2 aliphatic heterocycles. The molecule has 0 bridgehead atoms. The Bertz CT molecular complexity index is 1290. The molecular formula is C32H41NO9. The van der Waals surface area contributed by atoms with Crippen molar-refractivity contribution in [1.29, 1.82) is 0 Å². The largest absolute Gasteiger partial charge is 0.459 e. The summed E-state index contributed by atoms with van der Waals surface area (Å²) >= 11 is 0. The zero-order valence-electron chi connectivity index (χ0n) is 24.9. The summed E-state index contributed by atoms with van der Waals surface area (Å²) < 4.78 is 17.8. The topological polar surface area (TPSA) is 152 Å². The summed E-state index contributed by atoms with van der Waals surface area (Å²) in [5, 5.41) is 26.6. The van der Waals surface area contributed by atoms with Crippen LogP contribution in [0.1, 0.15) is 53.5 Å². The fraction of sp³-hybridized carbons (Fsp3) is 0.625. The number of amides is 1. The molecule has 3 fully saturated rings. The van der Waals surface area contributed by atoms with Gasteiger partial charge in [-0.3, -0.25) is 19.2 Å². The Balaban J connectivity index is 1.76. The Morgan fingerprint density at radius 2 is 1.64 bits per heavy atom. The number of hydrogen-bond donors (Lipinski definition) is 3. The number of ether oxygens (including phenoxy) is 3. The van der Waals surface area contributed by atoms with Gasteiger partial charge >= 0.3 is 11.9 Å². The average Bonchev–Trinajstić information content (AvgIpc) is 3.66. The van der Waals surface area contributed by atoms with Crippen molar-refractivity contribution >= 4 is 23.6 Å². The smallest absolute Gasteiger partial charge is 0.303 e. The Kier molecular flexibility index (Phi) is 7.65. The number of aliphatic hydroxyl groups is 2. The number of benzene rings is 1. The van der Waals surface area contributed by atoms with E-state index in [0.717, 1.165) is 5.56 Å². The van der Waals surface area contributed by atoms with Gasteiger partial charge in [0.15, 0.2) is 5.78 Å². The number of rotatable bonds is 4. The van der Waals surface area contributed by atoms with Crippen LogP contribution in [0.15, 0.2) is 42.5 Å². The van der Waals surface area contributed by atoms with Crippen molar-refractivity contribution in [3.05, 3.63) is 48.0 Å². The van der Waals surface area contributed by atoms with Gasteiger partial charge in [-0.25, -0.2) is 0 Å². The van der Waals surface area contributed by atoms with Crippen LogP contribution >= 0.6 is 0 Å². The first-order chi connectivity index (χ1) is 19.6. The maximum absolute atomic E-state index is 14.6. The van der Waals surface area contributed by atoms with Gasteiger partial charge in [-0.2, -0.15) is 0 Å². The van der Waals surface area contributed by atoms with Gasteiger partial charge < -0.3 is 29.7 Å². The van der Waals surface area contributed by atoms with Crippen molar-refractivity contribution < 1.29 is 43.6 Å². The second kappa shape index (κ2) is 10.6. The molecule has 0 aromatic heterocycles. The van der Waals surface area contributed by atoms with Crippen molar-refractivity contribution in [3.8, 4) is 0 Å². The molecule has 0 radical (unpaired) electrons. The van der Waals surface area contributed by atoms with E-state index in [2.05, 4.69) is 5.32 Å². The number of nitrogens with one attached hydrogen (secondary N) is 1. The van der Waals surface area contributed by atoms with Crippen LogP contribution in [0.4, 0.5) is 0 Å². The Labute approximate surface area is 245 Å². The summed E-state index contributed by atoms with van der Waals surface area (Å²) in [4.78, 5) is 53.1. The van der Waals surface area contributed by atoms with Crippen molar-refractivity contribution in [1.82, 2.24) is 5.32 Å². The van der Waals surface area contributed by atoms with Crippen LogP contribution < -0.4 is 5.32 Å². The Hall–Kier alpha value is -3.08. The summed E-state index contributed by atoms with van der Waals surface area (Å²) in [5.41, 5.74) is -4.10. The molecule has 42 heavy (non-hydrogen) atoms. The van der Waals surface area contributed by atoms with Gasteiger partial charge in [0.1, 0.15) is 41.0 Å². The lowest BCUT2D eigenvalue weighted by atomic mass is 9.48. The molecule has 4 aliphatic rings. The molecule has 1 amide bonds. The molecule has 3 N–H and O–H groups in total. The first-order valence-corrected chi connectivity index (χ1v) is 14.7. The van der Waals surface area contributed by atoms with Crippen LogP contribution in [0.25, 0.3) is 0 Å². The maximum Gasteiger partial charge on any atom is 0.303 e. The van der Waals surface area contributed by atoms with E-state index in [1.165, 1.54) is 20.8 Å². The molecular weight excluding hydrogens is 542 g/mol. The van der Waals surface area contributed by atoms with E-state index in [0.29, 0.717) is 6.42 Å². The summed E-state index contributed by atoms with van der Waals surface area (Å²) in [6.45, 7) is 8.96. The molecule has 12 unspecified atom stereocenters. The minimum Gasteiger partial charge on any atom is -0.459 e. The Morgan fingerprint density at radius 1 is 1.02 bits per heavy atom. The monoisotopic (exact) mass is 583 g/mol. The molecule has 2 heterocycles. The lowest BCUT2D eigenvalue weighted by molar-refractivity contribution is -0.234. The highest BCUT2D eigenvalue weighted by atomic mass is 16.6. The second-order valence-electron chi connectivity index (χ2n) is 12.9. The van der Waals surface area contributed by atoms with E-state index in [4.69, 9.17) is 14.2 Å². The zero-order chi connectivity index (χ0) is 30.8. The van der Waals surface area contributed by atoms with E-state index >= 15 is 0 Å². The summed E-state index contributed by atoms with van der Waals surface area (Å²) in [5.74, 6) is -5.01. The van der Waals surface area contributed by atoms with Crippen LogP contribution in [-0.2, 0) is 39.8 Å². The van der Waals surface area contributed by atoms with Crippen molar-refractivity contribution in [3.63, 3.8) is 0 Å². The van der Waals surface area contributed by atoms with Crippen molar-refractivity contribution in [2.24, 2.45) is 29.1 Å². The molecule has 1 aromatic carbocycles. The fourth-order valence-corrected chi connectivity index (χ4v) is 8.02. The Morgan fingerprint density at radius 3 is 2.26 bits per heavy atom. The van der Waals surface area contributed by atoms with Gasteiger partial charge in [-0.1, -0.05) is 56.3 Å². The molecule has 1 spiro atoms. The summed E-state index contributed by atoms with van der Waals surface area (Å²) in [6.07, 6.45) is -0.382. The molecule has 1 saturated carbocycles. The van der Waals surface area contributed by atoms with Crippen molar-refractivity contribution in [2.45, 2.75) is 96.0 Å². The lowest BCUT2D eigenvalue weighted by Crippen LogP contribution is -2.70. The molecule has 5 rings (SSSR count). The number of esters is 2. The third-order valence-electron chi connectivity index (χ3n) is 10.1.